The Bertz CT molecular complexity index is 1230. The van der Waals surface area contributed by atoms with E-state index in [1.807, 2.05) is 25.1 Å². The first kappa shape index (κ1) is 20.7. The molecule has 0 N–H and O–H groups in total. The van der Waals surface area contributed by atoms with Gasteiger partial charge < -0.3 is 4.74 Å². The van der Waals surface area contributed by atoms with Gasteiger partial charge in [0, 0.05) is 12.4 Å². The lowest BCUT2D eigenvalue weighted by Gasteiger charge is -2.21. The molecule has 2 aromatic carbocycles. The van der Waals surface area contributed by atoms with Crippen LogP contribution in [0.4, 0.5) is 5.13 Å². The van der Waals surface area contributed by atoms with Gasteiger partial charge in [-0.25, -0.2) is 9.78 Å². The van der Waals surface area contributed by atoms with E-state index in [1.165, 1.54) is 24.0 Å². The van der Waals surface area contributed by atoms with E-state index in [1.54, 1.807) is 41.6 Å². The van der Waals surface area contributed by atoms with E-state index >= 15 is 0 Å². The predicted octanol–water partition coefficient (Wildman–Crippen LogP) is 4.94. The maximum absolute atomic E-state index is 13.7. The van der Waals surface area contributed by atoms with Crippen molar-refractivity contribution in [2.75, 3.05) is 12.0 Å². The molecule has 0 saturated heterocycles. The van der Waals surface area contributed by atoms with Crippen LogP contribution >= 0.6 is 11.3 Å². The lowest BCUT2D eigenvalue weighted by Crippen LogP contribution is -2.31. The molecule has 31 heavy (non-hydrogen) atoms. The number of methoxy groups -OCH3 is 1. The van der Waals surface area contributed by atoms with Crippen molar-refractivity contribution in [2.45, 2.75) is 20.4 Å². The number of aromatic nitrogens is 2. The zero-order chi connectivity index (χ0) is 22.0. The van der Waals surface area contributed by atoms with Crippen LogP contribution in [0.15, 0.2) is 60.9 Å². The van der Waals surface area contributed by atoms with Crippen LogP contribution in [0.2, 0.25) is 0 Å². The molecule has 0 bridgehead atoms. The zero-order valence-corrected chi connectivity index (χ0v) is 18.3. The van der Waals surface area contributed by atoms with Crippen molar-refractivity contribution < 1.29 is 14.3 Å². The van der Waals surface area contributed by atoms with Gasteiger partial charge >= 0.3 is 5.97 Å². The fraction of sp³-hybridized carbons (Fsp3) is 0.167. The standard InChI is InChI=1S/C24H21N3O3S/c1-15-11-20-21(12-16(15)2)31-24(26-20)27(14-17-7-6-10-25-13-17)22(28)18-8-4-5-9-19(18)23(29)30-3/h4-13H,14H2,1-3H3. The largest absolute Gasteiger partial charge is 0.465 e. The number of pyridine rings is 1. The number of fused-ring (bicyclic) bond motifs is 1. The van der Waals surface area contributed by atoms with E-state index in [9.17, 15) is 9.59 Å². The fourth-order valence-electron chi connectivity index (χ4n) is 3.29. The Balaban J connectivity index is 1.82. The molecular weight excluding hydrogens is 410 g/mol. The third kappa shape index (κ3) is 4.18. The van der Waals surface area contributed by atoms with Crippen LogP contribution in [0.3, 0.4) is 0 Å². The van der Waals surface area contributed by atoms with Crippen LogP contribution in [0.25, 0.3) is 10.2 Å². The first-order chi connectivity index (χ1) is 15.0. The Hall–Kier alpha value is -3.58. The number of aryl methyl sites for hydroxylation is 2. The molecule has 0 fully saturated rings. The van der Waals surface area contributed by atoms with Gasteiger partial charge in [-0.05, 0) is 60.9 Å². The molecule has 2 aromatic heterocycles. The summed E-state index contributed by atoms with van der Waals surface area (Å²) in [6.45, 7) is 4.37. The number of hydrogen-bond donors (Lipinski definition) is 0. The Kier molecular flexibility index (Phi) is 5.77. The lowest BCUT2D eigenvalue weighted by atomic mass is 10.1. The smallest absolute Gasteiger partial charge is 0.338 e. The fourth-order valence-corrected chi connectivity index (χ4v) is 4.33. The maximum atomic E-state index is 13.7. The molecule has 0 saturated carbocycles. The van der Waals surface area contributed by atoms with Crippen LogP contribution in [-0.4, -0.2) is 29.0 Å². The van der Waals surface area contributed by atoms with Gasteiger partial charge in [-0.3, -0.25) is 14.7 Å². The first-order valence-electron chi connectivity index (χ1n) is 9.74. The van der Waals surface area contributed by atoms with Crippen LogP contribution in [0, 0.1) is 13.8 Å². The van der Waals surface area contributed by atoms with Gasteiger partial charge in [0.1, 0.15) is 0 Å². The molecule has 0 aliphatic heterocycles. The average Bonchev–Trinajstić information content (AvgIpc) is 3.19. The number of anilines is 1. The minimum atomic E-state index is -0.555. The van der Waals surface area contributed by atoms with E-state index in [0.717, 1.165) is 21.3 Å². The predicted molar refractivity (Wildman–Crippen MR) is 122 cm³/mol. The molecule has 2 heterocycles. The lowest BCUT2D eigenvalue weighted by molar-refractivity contribution is 0.0597. The molecule has 0 aliphatic rings. The first-order valence-corrected chi connectivity index (χ1v) is 10.6. The van der Waals surface area contributed by atoms with E-state index in [4.69, 9.17) is 9.72 Å². The normalized spacial score (nSPS) is 10.8. The van der Waals surface area contributed by atoms with E-state index < -0.39 is 5.97 Å². The highest BCUT2D eigenvalue weighted by molar-refractivity contribution is 7.22. The van der Waals surface area contributed by atoms with Crippen LogP contribution in [-0.2, 0) is 11.3 Å². The second kappa shape index (κ2) is 8.65. The summed E-state index contributed by atoms with van der Waals surface area (Å²) in [5.41, 5.74) is 4.50. The molecule has 4 aromatic rings. The second-order valence-electron chi connectivity index (χ2n) is 7.19. The van der Waals surface area contributed by atoms with E-state index in [-0.39, 0.29) is 23.6 Å². The number of carbonyl (C=O) groups excluding carboxylic acids is 2. The zero-order valence-electron chi connectivity index (χ0n) is 17.5. The van der Waals surface area contributed by atoms with Gasteiger partial charge in [0.05, 0.1) is 35.0 Å². The van der Waals surface area contributed by atoms with Gasteiger partial charge in [-0.2, -0.15) is 0 Å². The highest BCUT2D eigenvalue weighted by atomic mass is 32.1. The number of carbonyl (C=O) groups is 2. The van der Waals surface area contributed by atoms with Crippen molar-refractivity contribution in [3.63, 3.8) is 0 Å². The molecule has 0 aliphatic carbocycles. The average molecular weight is 432 g/mol. The molecule has 4 rings (SSSR count). The topological polar surface area (TPSA) is 72.4 Å². The Morgan fingerprint density at radius 2 is 1.77 bits per heavy atom. The van der Waals surface area contributed by atoms with Gasteiger partial charge in [-0.15, -0.1) is 0 Å². The number of esters is 1. The number of thiazole rings is 1. The molecule has 0 radical (unpaired) electrons. The summed E-state index contributed by atoms with van der Waals surface area (Å²) in [7, 11) is 1.30. The highest BCUT2D eigenvalue weighted by Crippen LogP contribution is 2.32. The van der Waals surface area contributed by atoms with E-state index in [2.05, 4.69) is 18.0 Å². The van der Waals surface area contributed by atoms with Crippen LogP contribution in [0.1, 0.15) is 37.4 Å². The number of nitrogens with zero attached hydrogens (tertiary/aromatic N) is 3. The van der Waals surface area contributed by atoms with Gasteiger partial charge in [0.2, 0.25) is 0 Å². The van der Waals surface area contributed by atoms with Crippen molar-refractivity contribution in [1.29, 1.82) is 0 Å². The number of amides is 1. The summed E-state index contributed by atoms with van der Waals surface area (Å²) in [6.07, 6.45) is 3.40. The summed E-state index contributed by atoms with van der Waals surface area (Å²) < 4.78 is 5.88. The SMILES string of the molecule is COC(=O)c1ccccc1C(=O)N(Cc1cccnc1)c1nc2cc(C)c(C)cc2s1. The highest BCUT2D eigenvalue weighted by Gasteiger charge is 2.26. The number of rotatable bonds is 5. The summed E-state index contributed by atoms with van der Waals surface area (Å²) in [5, 5.41) is 0.563. The molecule has 6 nitrogen and oxygen atoms in total. The number of ether oxygens (including phenoxy) is 1. The van der Waals surface area contributed by atoms with Crippen molar-refractivity contribution in [2.24, 2.45) is 0 Å². The summed E-state index contributed by atoms with van der Waals surface area (Å²) in [6, 6.07) is 14.5. The molecule has 156 valence electrons. The van der Waals surface area contributed by atoms with Crippen molar-refractivity contribution in [1.82, 2.24) is 9.97 Å². The van der Waals surface area contributed by atoms with Gasteiger partial charge in [0.15, 0.2) is 5.13 Å². The van der Waals surface area contributed by atoms with Crippen LogP contribution < -0.4 is 4.90 Å². The minimum Gasteiger partial charge on any atom is -0.465 e. The summed E-state index contributed by atoms with van der Waals surface area (Å²) >= 11 is 1.45. The second-order valence-corrected chi connectivity index (χ2v) is 8.20. The van der Waals surface area contributed by atoms with Crippen molar-refractivity contribution in [3.05, 3.63) is 88.7 Å². The number of hydrogen-bond acceptors (Lipinski definition) is 6. The third-order valence-electron chi connectivity index (χ3n) is 5.09. The molecule has 0 atom stereocenters. The maximum Gasteiger partial charge on any atom is 0.338 e. The Labute approximate surface area is 184 Å². The van der Waals surface area contributed by atoms with Crippen molar-refractivity contribution in [3.8, 4) is 0 Å². The Morgan fingerprint density at radius 1 is 1.03 bits per heavy atom. The summed E-state index contributed by atoms with van der Waals surface area (Å²) in [4.78, 5) is 36.4. The van der Waals surface area contributed by atoms with Crippen LogP contribution in [0.5, 0.6) is 0 Å². The third-order valence-corrected chi connectivity index (χ3v) is 6.14. The van der Waals surface area contributed by atoms with Gasteiger partial charge in [0.25, 0.3) is 5.91 Å². The van der Waals surface area contributed by atoms with Crippen molar-refractivity contribution >= 4 is 38.6 Å². The summed E-state index contributed by atoms with van der Waals surface area (Å²) in [5.74, 6) is -0.877. The monoisotopic (exact) mass is 431 g/mol. The molecule has 1 amide bonds. The van der Waals surface area contributed by atoms with Gasteiger partial charge in [-0.1, -0.05) is 29.5 Å². The Morgan fingerprint density at radius 3 is 2.48 bits per heavy atom. The quantitative estimate of drug-likeness (QED) is 0.419. The molecule has 7 heteroatoms. The molecular formula is C24H21N3O3S. The number of benzene rings is 2. The van der Waals surface area contributed by atoms with E-state index in [0.29, 0.717) is 5.13 Å². The molecule has 0 unspecified atom stereocenters. The molecule has 0 spiro atoms. The minimum absolute atomic E-state index is 0.221.